The Morgan fingerprint density at radius 2 is 0.203 bits per heavy atom. The Balaban J connectivity index is 8.24. The average molecular weight is 1310 g/mol. The minimum absolute atomic E-state index is 0.557. The first-order chi connectivity index (χ1) is 32.9. The molecule has 0 aliphatic carbocycles. The van der Waals surface area contributed by atoms with E-state index in [2.05, 4.69) is 0 Å². The summed E-state index contributed by atoms with van der Waals surface area (Å²) in [5, 5.41) is 0. The lowest BCUT2D eigenvalue weighted by Gasteiger charge is -2.48. The van der Waals surface area contributed by atoms with Gasteiger partial charge < -0.3 is 0 Å². The summed E-state index contributed by atoms with van der Waals surface area (Å²) in [6.07, 6.45) is -8.64. The number of hydrogen-bond donors (Lipinski definition) is 0. The molecule has 79 heavy (non-hydrogen) atoms. The molecule has 0 bridgehead atoms. The molecular weight excluding hydrogens is 1310 g/mol. The van der Waals surface area contributed by atoms with Crippen molar-refractivity contribution in [3.63, 3.8) is 0 Å². The van der Waals surface area contributed by atoms with Crippen molar-refractivity contribution in [1.29, 1.82) is 0 Å². The fraction of sp³-hybridized carbons (Fsp3) is 1.00. The molecule has 476 valence electrons. The number of halogens is 51. The van der Waals surface area contributed by atoms with Gasteiger partial charge in [-0.05, 0) is 0 Å². The Hall–Kier alpha value is -3.57. The first-order valence-electron chi connectivity index (χ1n) is 17.1. The van der Waals surface area contributed by atoms with E-state index in [0.29, 0.717) is 0 Å². The maximum absolute atomic E-state index is 14.2. The van der Waals surface area contributed by atoms with Crippen molar-refractivity contribution in [2.45, 2.75) is 162 Å². The van der Waals surface area contributed by atoms with Gasteiger partial charge in [-0.1, -0.05) is 13.8 Å². The SMILES string of the molecule is CC(C)C(F)(F)C(F)(F)C(F)(F)C(F)(F)C(F)(F)C(F)(F)C(F)(F)C(F)(F)C(F)(F)C(F)(F)C(F)(F)C(F)(F)C(F)(F)C(F)(F)C(F)(F)C(F)(F)C(F)(F)C(F)(F)C(F)(F)C(F)(F)C(F)(F)C(F)(F)C(F)(F)C(F)(F)C(F)(F)F. The van der Waals surface area contributed by atoms with Crippen molar-refractivity contribution >= 4 is 0 Å². The molecule has 0 aliphatic rings. The lowest BCUT2D eigenvalue weighted by molar-refractivity contribution is -0.499. The summed E-state index contributed by atoms with van der Waals surface area (Å²) in [6.45, 7) is -1.11. The van der Waals surface area contributed by atoms with E-state index in [1.807, 2.05) is 0 Å². The van der Waals surface area contributed by atoms with Crippen LogP contribution < -0.4 is 0 Å². The molecule has 51 heteroatoms. The summed E-state index contributed by atoms with van der Waals surface area (Å²) in [7, 11) is 0. The molecule has 0 saturated heterocycles. The van der Waals surface area contributed by atoms with Gasteiger partial charge in [-0.2, -0.15) is 224 Å². The van der Waals surface area contributed by atoms with E-state index in [1.165, 1.54) is 0 Å². The first-order valence-corrected chi connectivity index (χ1v) is 17.1. The van der Waals surface area contributed by atoms with Crippen LogP contribution in [0.4, 0.5) is 224 Å². The molecule has 0 spiro atoms. The van der Waals surface area contributed by atoms with Gasteiger partial charge in [0.2, 0.25) is 0 Å². The zero-order valence-corrected chi connectivity index (χ0v) is 34.4. The van der Waals surface area contributed by atoms with E-state index in [1.54, 1.807) is 0 Å². The minimum atomic E-state index is -11.0. The van der Waals surface area contributed by atoms with Crippen LogP contribution in [0.15, 0.2) is 0 Å². The average Bonchev–Trinajstić information content (AvgIpc) is 3.21. The summed E-state index contributed by atoms with van der Waals surface area (Å²) < 4.78 is 704. The Labute approximate surface area is 393 Å². The summed E-state index contributed by atoms with van der Waals surface area (Å²) in [6, 6.07) is 0. The largest absolute Gasteiger partial charge is 0.460 e. The first kappa shape index (κ1) is 75.4. The molecule has 0 N–H and O–H groups in total. The van der Waals surface area contributed by atoms with Crippen LogP contribution in [0.1, 0.15) is 13.8 Å². The molecule has 0 aromatic heterocycles. The normalized spacial score (nSPS) is 17.5. The topological polar surface area (TPSA) is 0 Å². The molecule has 0 aromatic carbocycles. The van der Waals surface area contributed by atoms with E-state index in [4.69, 9.17) is 0 Å². The standard InChI is InChI=1S/C28H7F51/c1-3(2)4(29,30)5(31,32)6(33,34)7(35,36)8(37,38)9(39,40)10(41,42)11(43,44)12(45,46)13(47,48)14(49,50)15(51,52)16(53,54)17(55,56)18(57,58)19(59,60)20(61,62)21(63,64)22(65,66)23(67,68)24(69,70)25(71,72)26(73,74)27(75,76)28(77,78)79/h3H,1-2H3. The van der Waals surface area contributed by atoms with Crippen LogP contribution in [-0.4, -0.2) is 148 Å². The third-order valence-electron chi connectivity index (χ3n) is 10.2. The zero-order chi connectivity index (χ0) is 66.1. The predicted octanol–water partition coefficient (Wildman–Crippen LogP) is 17.5. The third-order valence-corrected chi connectivity index (χ3v) is 10.2. The molecule has 0 nitrogen and oxygen atoms in total. The second-order valence-corrected chi connectivity index (χ2v) is 15.5. The Morgan fingerprint density at radius 3 is 0.278 bits per heavy atom. The van der Waals surface area contributed by atoms with Crippen molar-refractivity contribution in [3.05, 3.63) is 0 Å². The van der Waals surface area contributed by atoms with Crippen LogP contribution in [0.25, 0.3) is 0 Å². The van der Waals surface area contributed by atoms with Crippen molar-refractivity contribution < 1.29 is 224 Å². The van der Waals surface area contributed by atoms with Crippen LogP contribution in [0.5, 0.6) is 0 Å². The minimum Gasteiger partial charge on any atom is -0.199 e. The van der Waals surface area contributed by atoms with E-state index >= 15 is 0 Å². The van der Waals surface area contributed by atoms with Gasteiger partial charge in [0.1, 0.15) is 0 Å². The highest BCUT2D eigenvalue weighted by atomic mass is 19.5. The maximum atomic E-state index is 14.2. The third kappa shape index (κ3) is 8.18. The van der Waals surface area contributed by atoms with Gasteiger partial charge in [0.05, 0.1) is 0 Å². The van der Waals surface area contributed by atoms with Gasteiger partial charge in [-0.15, -0.1) is 0 Å². The van der Waals surface area contributed by atoms with E-state index in [-0.39, 0.29) is 0 Å². The molecule has 0 radical (unpaired) electrons. The second kappa shape index (κ2) is 18.0. The quantitative estimate of drug-likeness (QED) is 0.0845. The molecule has 0 fully saturated rings. The highest BCUT2D eigenvalue weighted by Gasteiger charge is 3.05. The van der Waals surface area contributed by atoms with Crippen LogP contribution >= 0.6 is 0 Å². The summed E-state index contributed by atoms with van der Waals surface area (Å²) in [5.74, 6) is -250. The molecule has 0 rings (SSSR count). The molecular formula is C28H7F51. The van der Waals surface area contributed by atoms with Gasteiger partial charge in [0.15, 0.2) is 0 Å². The van der Waals surface area contributed by atoms with Crippen LogP contribution in [0.2, 0.25) is 0 Å². The highest BCUT2D eigenvalue weighted by Crippen LogP contribution is 2.73. The van der Waals surface area contributed by atoms with Gasteiger partial charge >= 0.3 is 148 Å². The van der Waals surface area contributed by atoms with Crippen molar-refractivity contribution in [3.8, 4) is 0 Å². The molecule has 0 heterocycles. The van der Waals surface area contributed by atoms with Crippen LogP contribution in [0, 0.1) is 5.92 Å². The predicted molar refractivity (Wildman–Crippen MR) is 140 cm³/mol. The summed E-state index contributed by atoms with van der Waals surface area (Å²) >= 11 is 0. The molecule has 0 aliphatic heterocycles. The van der Waals surface area contributed by atoms with Crippen molar-refractivity contribution in [1.82, 2.24) is 0 Å². The summed E-state index contributed by atoms with van der Waals surface area (Å²) in [5.41, 5.74) is 0. The van der Waals surface area contributed by atoms with E-state index in [9.17, 15) is 224 Å². The Bertz CT molecular complexity index is 2190. The zero-order valence-electron chi connectivity index (χ0n) is 34.4. The highest BCUT2D eigenvalue weighted by molar-refractivity contribution is 5.25. The van der Waals surface area contributed by atoms with E-state index in [0.717, 1.165) is 0 Å². The monoisotopic (exact) mass is 1310 g/mol. The fourth-order valence-electron chi connectivity index (χ4n) is 4.89. The number of hydrogen-bond acceptors (Lipinski definition) is 0. The molecule has 0 saturated carbocycles. The lowest BCUT2D eigenvalue weighted by Crippen LogP contribution is -2.81. The van der Waals surface area contributed by atoms with E-state index < -0.39 is 168 Å². The van der Waals surface area contributed by atoms with Crippen LogP contribution in [0.3, 0.4) is 0 Å². The summed E-state index contributed by atoms with van der Waals surface area (Å²) in [4.78, 5) is 0. The fourth-order valence-corrected chi connectivity index (χ4v) is 4.89. The van der Waals surface area contributed by atoms with Gasteiger partial charge in [0, 0.05) is 5.92 Å². The molecule has 0 unspecified atom stereocenters. The maximum Gasteiger partial charge on any atom is 0.460 e. The number of rotatable bonds is 24. The molecule has 0 amide bonds. The van der Waals surface area contributed by atoms with Crippen molar-refractivity contribution in [2.75, 3.05) is 0 Å². The van der Waals surface area contributed by atoms with Crippen molar-refractivity contribution in [2.24, 2.45) is 5.92 Å². The van der Waals surface area contributed by atoms with Gasteiger partial charge in [-0.3, -0.25) is 0 Å². The molecule has 0 atom stereocenters. The smallest absolute Gasteiger partial charge is 0.199 e. The lowest BCUT2D eigenvalue weighted by atomic mass is 9.81. The Morgan fingerprint density at radius 1 is 0.127 bits per heavy atom. The molecule has 0 aromatic rings. The van der Waals surface area contributed by atoms with Gasteiger partial charge in [-0.25, -0.2) is 0 Å². The van der Waals surface area contributed by atoms with Crippen LogP contribution in [-0.2, 0) is 0 Å². The second-order valence-electron chi connectivity index (χ2n) is 15.5. The van der Waals surface area contributed by atoms with Gasteiger partial charge in [0.25, 0.3) is 0 Å². The Kier molecular flexibility index (Phi) is 17.2. The number of alkyl halides is 51.